The molecule has 1 N–H and O–H groups in total. The van der Waals surface area contributed by atoms with Gasteiger partial charge in [-0.2, -0.15) is 0 Å². The monoisotopic (exact) mass is 183 g/mol. The van der Waals surface area contributed by atoms with Crippen LogP contribution in [0, 0.1) is 0 Å². The first-order valence-corrected chi connectivity index (χ1v) is 4.58. The fourth-order valence-electron chi connectivity index (χ4n) is 2.49. The topological polar surface area (TPSA) is 57.6 Å². The molecule has 2 fully saturated rings. The molecule has 0 aromatic carbocycles. The van der Waals surface area contributed by atoms with E-state index in [1.165, 1.54) is 6.92 Å². The van der Waals surface area contributed by atoms with Gasteiger partial charge in [0, 0.05) is 25.8 Å². The lowest BCUT2D eigenvalue weighted by molar-refractivity contribution is -0.137. The molecule has 0 unspecified atom stereocenters. The highest BCUT2D eigenvalue weighted by Gasteiger charge is 2.46. The second kappa shape index (κ2) is 2.80. The van der Waals surface area contributed by atoms with Crippen molar-refractivity contribution in [2.24, 2.45) is 0 Å². The Labute approximate surface area is 76.5 Å². The first-order chi connectivity index (χ1) is 6.09. The Morgan fingerprint density at radius 1 is 1.54 bits per heavy atom. The summed E-state index contributed by atoms with van der Waals surface area (Å²) in [6.07, 6.45) is 0.820. The number of amides is 1. The summed E-state index contributed by atoms with van der Waals surface area (Å²) in [4.78, 5) is 24.1. The number of fused-ring (bicyclic) bond motifs is 2. The summed E-state index contributed by atoms with van der Waals surface area (Å²) in [5, 5.41) is 9.59. The van der Waals surface area contributed by atoms with Crippen LogP contribution in [-0.4, -0.2) is 39.9 Å². The predicted molar refractivity (Wildman–Crippen MR) is 45.0 cm³/mol. The van der Waals surface area contributed by atoms with Gasteiger partial charge < -0.3 is 10.0 Å². The number of ketones is 1. The molecular weight excluding hydrogens is 170 g/mol. The molecule has 4 nitrogen and oxygen atoms in total. The van der Waals surface area contributed by atoms with Gasteiger partial charge in [-0.05, 0) is 6.42 Å². The molecule has 0 aromatic heterocycles. The molecule has 72 valence electrons. The highest BCUT2D eigenvalue weighted by atomic mass is 16.3. The Kier molecular flexibility index (Phi) is 1.87. The molecule has 2 aliphatic rings. The van der Waals surface area contributed by atoms with E-state index < -0.39 is 6.10 Å². The summed E-state index contributed by atoms with van der Waals surface area (Å²) in [6, 6.07) is -0.289. The Bertz CT molecular complexity index is 264. The van der Waals surface area contributed by atoms with Crippen molar-refractivity contribution in [3.63, 3.8) is 0 Å². The standard InChI is InChI=1S/C9H13NO3/c1-5(11)10-6-2-7(12)4-8(10)9(13)3-6/h6,8-9,13H,2-4H2,1H3/t6-,8-,9-/m0/s1. The summed E-state index contributed by atoms with van der Waals surface area (Å²) < 4.78 is 0. The SMILES string of the molecule is CC(=O)N1[C@H]2CC(=O)C[C@H]1[C@@H](O)C2. The summed E-state index contributed by atoms with van der Waals surface area (Å²) in [6.45, 7) is 1.49. The van der Waals surface area contributed by atoms with Gasteiger partial charge in [0.25, 0.3) is 0 Å². The number of hydrogen-bond donors (Lipinski definition) is 1. The maximum Gasteiger partial charge on any atom is 0.220 e. The zero-order valence-corrected chi connectivity index (χ0v) is 7.56. The highest BCUT2D eigenvalue weighted by molar-refractivity contribution is 5.85. The lowest BCUT2D eigenvalue weighted by atomic mass is 10.0. The largest absolute Gasteiger partial charge is 0.391 e. The third-order valence-corrected chi connectivity index (χ3v) is 2.97. The second-order valence-electron chi connectivity index (χ2n) is 3.90. The van der Waals surface area contributed by atoms with Crippen LogP contribution in [0.3, 0.4) is 0 Å². The molecule has 2 saturated heterocycles. The van der Waals surface area contributed by atoms with E-state index in [2.05, 4.69) is 0 Å². The molecule has 13 heavy (non-hydrogen) atoms. The van der Waals surface area contributed by atoms with Crippen molar-refractivity contribution < 1.29 is 14.7 Å². The summed E-state index contributed by atoms with van der Waals surface area (Å²) in [5.41, 5.74) is 0. The molecule has 2 aliphatic heterocycles. The maximum absolute atomic E-state index is 11.2. The van der Waals surface area contributed by atoms with Gasteiger partial charge >= 0.3 is 0 Å². The van der Waals surface area contributed by atoms with Crippen molar-refractivity contribution in [2.75, 3.05) is 0 Å². The van der Waals surface area contributed by atoms with E-state index >= 15 is 0 Å². The fraction of sp³-hybridized carbons (Fsp3) is 0.778. The Balaban J connectivity index is 2.24. The van der Waals surface area contributed by atoms with Crippen LogP contribution < -0.4 is 0 Å². The van der Waals surface area contributed by atoms with Gasteiger partial charge in [-0.15, -0.1) is 0 Å². The average Bonchev–Trinajstić information content (AvgIpc) is 2.21. The van der Waals surface area contributed by atoms with Gasteiger partial charge in [-0.25, -0.2) is 0 Å². The third-order valence-electron chi connectivity index (χ3n) is 2.97. The molecule has 2 rings (SSSR count). The van der Waals surface area contributed by atoms with Crippen LogP contribution in [0.1, 0.15) is 26.2 Å². The normalized spacial score (nSPS) is 38.2. The third kappa shape index (κ3) is 1.25. The molecule has 0 aliphatic carbocycles. The van der Waals surface area contributed by atoms with Crippen molar-refractivity contribution in [3.8, 4) is 0 Å². The number of hydrogen-bond acceptors (Lipinski definition) is 3. The molecule has 2 heterocycles. The number of carbonyl (C=O) groups excluding carboxylic acids is 2. The van der Waals surface area contributed by atoms with Crippen molar-refractivity contribution in [1.82, 2.24) is 4.90 Å². The molecule has 0 saturated carbocycles. The van der Waals surface area contributed by atoms with Gasteiger partial charge in [0.2, 0.25) is 5.91 Å². The van der Waals surface area contributed by atoms with Gasteiger partial charge in [0.15, 0.2) is 0 Å². The van der Waals surface area contributed by atoms with Crippen molar-refractivity contribution in [1.29, 1.82) is 0 Å². The van der Waals surface area contributed by atoms with Crippen LogP contribution in [-0.2, 0) is 9.59 Å². The number of Topliss-reactive ketones (excluding diaryl/α,β-unsaturated/α-hetero) is 1. The number of aliphatic hydroxyl groups is 1. The number of piperidine rings is 1. The molecule has 1 amide bonds. The fourth-order valence-corrected chi connectivity index (χ4v) is 2.49. The van der Waals surface area contributed by atoms with Crippen LogP contribution in [0.5, 0.6) is 0 Å². The molecule has 0 radical (unpaired) electrons. The minimum atomic E-state index is -0.500. The van der Waals surface area contributed by atoms with Crippen LogP contribution >= 0.6 is 0 Å². The van der Waals surface area contributed by atoms with E-state index in [4.69, 9.17) is 0 Å². The van der Waals surface area contributed by atoms with Crippen molar-refractivity contribution in [3.05, 3.63) is 0 Å². The Morgan fingerprint density at radius 2 is 2.23 bits per heavy atom. The van der Waals surface area contributed by atoms with E-state index in [0.29, 0.717) is 19.3 Å². The van der Waals surface area contributed by atoms with Crippen LogP contribution in [0.2, 0.25) is 0 Å². The number of nitrogens with zero attached hydrogens (tertiary/aromatic N) is 1. The molecular formula is C9H13NO3. The van der Waals surface area contributed by atoms with Crippen LogP contribution in [0.4, 0.5) is 0 Å². The average molecular weight is 183 g/mol. The second-order valence-corrected chi connectivity index (χ2v) is 3.90. The van der Waals surface area contributed by atoms with E-state index in [1.54, 1.807) is 4.90 Å². The van der Waals surface area contributed by atoms with E-state index in [-0.39, 0.29) is 23.8 Å². The molecule has 4 heteroatoms. The summed E-state index contributed by atoms with van der Waals surface area (Å²) in [7, 11) is 0. The van der Waals surface area contributed by atoms with Crippen LogP contribution in [0.25, 0.3) is 0 Å². The van der Waals surface area contributed by atoms with E-state index in [0.717, 1.165) is 0 Å². The van der Waals surface area contributed by atoms with Crippen molar-refractivity contribution >= 4 is 11.7 Å². The molecule has 3 atom stereocenters. The van der Waals surface area contributed by atoms with Gasteiger partial charge in [-0.1, -0.05) is 0 Å². The Hall–Kier alpha value is -0.900. The first kappa shape index (κ1) is 8.69. The zero-order chi connectivity index (χ0) is 9.59. The van der Waals surface area contributed by atoms with Crippen LogP contribution in [0.15, 0.2) is 0 Å². The number of aliphatic hydroxyl groups excluding tert-OH is 1. The highest BCUT2D eigenvalue weighted by Crippen LogP contribution is 2.34. The number of rotatable bonds is 0. The quantitative estimate of drug-likeness (QED) is 0.561. The summed E-state index contributed by atoms with van der Waals surface area (Å²) >= 11 is 0. The smallest absolute Gasteiger partial charge is 0.220 e. The predicted octanol–water partition coefficient (Wildman–Crippen LogP) is -0.300. The minimum absolute atomic E-state index is 0.0287. The summed E-state index contributed by atoms with van der Waals surface area (Å²) in [5.74, 6) is 0.142. The lowest BCUT2D eigenvalue weighted by Crippen LogP contribution is -2.47. The van der Waals surface area contributed by atoms with Gasteiger partial charge in [0.1, 0.15) is 5.78 Å². The van der Waals surface area contributed by atoms with E-state index in [1.807, 2.05) is 0 Å². The minimum Gasteiger partial charge on any atom is -0.391 e. The van der Waals surface area contributed by atoms with Gasteiger partial charge in [-0.3, -0.25) is 9.59 Å². The van der Waals surface area contributed by atoms with Gasteiger partial charge in [0.05, 0.1) is 12.1 Å². The molecule has 2 bridgehead atoms. The number of carbonyl (C=O) groups is 2. The molecule has 0 spiro atoms. The van der Waals surface area contributed by atoms with Crippen molar-refractivity contribution in [2.45, 2.75) is 44.4 Å². The lowest BCUT2D eigenvalue weighted by Gasteiger charge is -2.33. The van der Waals surface area contributed by atoms with E-state index in [9.17, 15) is 14.7 Å². The first-order valence-electron chi connectivity index (χ1n) is 4.58. The maximum atomic E-state index is 11.2. The zero-order valence-electron chi connectivity index (χ0n) is 7.56. The Morgan fingerprint density at radius 3 is 2.77 bits per heavy atom. The molecule has 0 aromatic rings.